The molecule has 0 fully saturated rings. The molecular weight excluding hydrogens is 300 g/mol. The van der Waals surface area contributed by atoms with Gasteiger partial charge in [-0.05, 0) is 17.2 Å². The second-order valence-electron chi connectivity index (χ2n) is 5.10. The van der Waals surface area contributed by atoms with Crippen LogP contribution in [0.15, 0.2) is 48.5 Å². The van der Waals surface area contributed by atoms with E-state index in [-0.39, 0.29) is 12.3 Å². The van der Waals surface area contributed by atoms with Crippen molar-refractivity contribution in [2.75, 3.05) is 4.31 Å². The van der Waals surface area contributed by atoms with Crippen molar-refractivity contribution in [3.63, 3.8) is 0 Å². The number of carbonyl (C=O) groups is 1. The van der Waals surface area contributed by atoms with Crippen LogP contribution in [-0.2, 0) is 22.3 Å². The van der Waals surface area contributed by atoms with Gasteiger partial charge in [0, 0.05) is 5.56 Å². The van der Waals surface area contributed by atoms with Gasteiger partial charge in [-0.3, -0.25) is 9.10 Å². The standard InChI is InChI=1S/C16H14N2O3S/c17-9-16(19)13-6-7-14-11-22(20,21)18(15(14)8-13)10-12-4-2-1-3-5-12/h1-9,17H,10-11H2. The van der Waals surface area contributed by atoms with E-state index in [0.717, 1.165) is 11.8 Å². The fraction of sp³-hybridized carbons (Fsp3) is 0.125. The Balaban J connectivity index is 2.04. The Morgan fingerprint density at radius 1 is 1.18 bits per heavy atom. The summed E-state index contributed by atoms with van der Waals surface area (Å²) < 4.78 is 26.1. The number of carbonyl (C=O) groups excluding carboxylic acids is 1. The molecule has 0 bridgehead atoms. The highest BCUT2D eigenvalue weighted by Gasteiger charge is 2.33. The first-order valence-corrected chi connectivity index (χ1v) is 8.34. The van der Waals surface area contributed by atoms with Crippen LogP contribution < -0.4 is 4.31 Å². The van der Waals surface area contributed by atoms with Crippen LogP contribution >= 0.6 is 0 Å². The van der Waals surface area contributed by atoms with Gasteiger partial charge in [-0.1, -0.05) is 42.5 Å². The minimum Gasteiger partial charge on any atom is -0.305 e. The number of anilines is 1. The number of nitrogens with zero attached hydrogens (tertiary/aromatic N) is 1. The molecule has 0 spiro atoms. The lowest BCUT2D eigenvalue weighted by atomic mass is 10.1. The molecule has 5 nitrogen and oxygen atoms in total. The van der Waals surface area contributed by atoms with E-state index in [1.165, 1.54) is 4.31 Å². The maximum atomic E-state index is 12.4. The van der Waals surface area contributed by atoms with Gasteiger partial charge in [0.25, 0.3) is 0 Å². The van der Waals surface area contributed by atoms with Crippen LogP contribution in [-0.4, -0.2) is 20.4 Å². The van der Waals surface area contributed by atoms with Crippen molar-refractivity contribution in [3.8, 4) is 0 Å². The second-order valence-corrected chi connectivity index (χ2v) is 6.99. The Morgan fingerprint density at radius 3 is 2.59 bits per heavy atom. The first-order chi connectivity index (χ1) is 10.5. The summed E-state index contributed by atoms with van der Waals surface area (Å²) in [5, 5.41) is 7.04. The smallest absolute Gasteiger partial charge is 0.239 e. The normalized spacial score (nSPS) is 15.4. The van der Waals surface area contributed by atoms with Crippen molar-refractivity contribution in [3.05, 3.63) is 65.2 Å². The lowest BCUT2D eigenvalue weighted by molar-refractivity contribution is 0.107. The number of Topliss-reactive ketones (excluding diaryl/α,β-unsaturated/α-hetero) is 1. The van der Waals surface area contributed by atoms with Crippen molar-refractivity contribution in [2.24, 2.45) is 0 Å². The van der Waals surface area contributed by atoms with Gasteiger partial charge >= 0.3 is 0 Å². The van der Waals surface area contributed by atoms with Gasteiger partial charge < -0.3 is 5.41 Å². The molecule has 2 aromatic carbocycles. The summed E-state index contributed by atoms with van der Waals surface area (Å²) in [5.41, 5.74) is 2.40. The highest BCUT2D eigenvalue weighted by molar-refractivity contribution is 7.92. The van der Waals surface area contributed by atoms with Gasteiger partial charge in [-0.15, -0.1) is 0 Å². The number of benzene rings is 2. The summed E-state index contributed by atoms with van der Waals surface area (Å²) in [7, 11) is -3.43. The van der Waals surface area contributed by atoms with Gasteiger partial charge in [0.2, 0.25) is 15.8 Å². The average molecular weight is 314 g/mol. The van der Waals surface area contributed by atoms with Crippen LogP contribution in [0.25, 0.3) is 0 Å². The van der Waals surface area contributed by atoms with Gasteiger partial charge in [0.1, 0.15) is 0 Å². The molecule has 1 N–H and O–H groups in total. The van der Waals surface area contributed by atoms with Crippen LogP contribution in [0.5, 0.6) is 0 Å². The maximum absolute atomic E-state index is 12.4. The summed E-state index contributed by atoms with van der Waals surface area (Å²) in [4.78, 5) is 11.6. The molecule has 0 saturated carbocycles. The molecule has 1 aliphatic rings. The molecule has 112 valence electrons. The summed E-state index contributed by atoms with van der Waals surface area (Å²) in [6.07, 6.45) is 0.729. The third-order valence-corrected chi connectivity index (χ3v) is 5.29. The van der Waals surface area contributed by atoms with Crippen molar-refractivity contribution in [1.82, 2.24) is 0 Å². The fourth-order valence-corrected chi connectivity index (χ4v) is 4.12. The van der Waals surface area contributed by atoms with Crippen LogP contribution in [0.1, 0.15) is 21.5 Å². The predicted octanol–water partition coefficient (Wildman–Crippen LogP) is 2.37. The molecule has 0 saturated heterocycles. The third kappa shape index (κ3) is 2.53. The fourth-order valence-electron chi connectivity index (χ4n) is 2.51. The molecule has 6 heteroatoms. The van der Waals surface area contributed by atoms with Gasteiger partial charge in [0.15, 0.2) is 0 Å². The van der Waals surface area contributed by atoms with Crippen molar-refractivity contribution >= 4 is 27.7 Å². The van der Waals surface area contributed by atoms with E-state index < -0.39 is 15.8 Å². The first-order valence-electron chi connectivity index (χ1n) is 6.73. The Hall–Kier alpha value is -2.47. The highest BCUT2D eigenvalue weighted by Crippen LogP contribution is 2.35. The third-order valence-electron chi connectivity index (χ3n) is 3.61. The number of hydrogen-bond acceptors (Lipinski definition) is 4. The molecule has 1 heterocycles. The first kappa shape index (κ1) is 14.5. The van der Waals surface area contributed by atoms with Crippen LogP contribution in [0.2, 0.25) is 0 Å². The zero-order valence-corrected chi connectivity index (χ0v) is 12.5. The minimum atomic E-state index is -3.43. The zero-order chi connectivity index (χ0) is 15.7. The topological polar surface area (TPSA) is 78.3 Å². The highest BCUT2D eigenvalue weighted by atomic mass is 32.2. The number of hydrogen-bond donors (Lipinski definition) is 1. The van der Waals surface area contributed by atoms with E-state index in [9.17, 15) is 13.2 Å². The van der Waals surface area contributed by atoms with E-state index >= 15 is 0 Å². The summed E-state index contributed by atoms with van der Waals surface area (Å²) in [5.74, 6) is -0.499. The number of rotatable bonds is 4. The average Bonchev–Trinajstić information content (AvgIpc) is 2.77. The molecule has 22 heavy (non-hydrogen) atoms. The zero-order valence-electron chi connectivity index (χ0n) is 11.7. The molecule has 1 aliphatic heterocycles. The van der Waals surface area contributed by atoms with Gasteiger partial charge in [0.05, 0.1) is 24.2 Å². The molecule has 0 aliphatic carbocycles. The van der Waals surface area contributed by atoms with E-state index in [0.29, 0.717) is 16.8 Å². The van der Waals surface area contributed by atoms with Crippen LogP contribution in [0.3, 0.4) is 0 Å². The molecule has 0 amide bonds. The Bertz CT molecular complexity index is 845. The van der Waals surface area contributed by atoms with Crippen molar-refractivity contribution in [1.29, 1.82) is 5.41 Å². The monoisotopic (exact) mass is 314 g/mol. The summed E-state index contributed by atoms with van der Waals surface area (Å²) in [6, 6.07) is 14.1. The van der Waals surface area contributed by atoms with E-state index in [1.807, 2.05) is 30.3 Å². The van der Waals surface area contributed by atoms with Crippen molar-refractivity contribution < 1.29 is 13.2 Å². The Morgan fingerprint density at radius 2 is 1.91 bits per heavy atom. The molecule has 0 aromatic heterocycles. The van der Waals surface area contributed by atoms with E-state index in [1.54, 1.807) is 18.2 Å². The van der Waals surface area contributed by atoms with E-state index in [4.69, 9.17) is 5.41 Å². The minimum absolute atomic E-state index is 0.0613. The largest absolute Gasteiger partial charge is 0.305 e. The quantitative estimate of drug-likeness (QED) is 0.695. The second kappa shape index (κ2) is 5.38. The molecule has 0 atom stereocenters. The number of sulfonamides is 1. The molecule has 2 aromatic rings. The number of fused-ring (bicyclic) bond motifs is 1. The SMILES string of the molecule is N=CC(=O)c1ccc2c(c1)N(Cc1ccccc1)S(=O)(=O)C2. The summed E-state index contributed by atoms with van der Waals surface area (Å²) in [6.45, 7) is 0.235. The summed E-state index contributed by atoms with van der Waals surface area (Å²) >= 11 is 0. The number of ketones is 1. The maximum Gasteiger partial charge on any atom is 0.239 e. The van der Waals surface area contributed by atoms with E-state index in [2.05, 4.69) is 0 Å². The Kier molecular flexibility index (Phi) is 3.54. The Labute approximate surface area is 128 Å². The van der Waals surface area contributed by atoms with Gasteiger partial charge in [-0.2, -0.15) is 0 Å². The molecule has 3 rings (SSSR count). The van der Waals surface area contributed by atoms with Crippen LogP contribution in [0, 0.1) is 5.41 Å². The molecular formula is C16H14N2O3S. The lowest BCUT2D eigenvalue weighted by Crippen LogP contribution is -2.26. The molecule has 0 unspecified atom stereocenters. The number of nitrogens with one attached hydrogen (secondary N) is 1. The van der Waals surface area contributed by atoms with Crippen LogP contribution in [0.4, 0.5) is 5.69 Å². The predicted molar refractivity (Wildman–Crippen MR) is 84.8 cm³/mol. The lowest BCUT2D eigenvalue weighted by Gasteiger charge is -2.18. The van der Waals surface area contributed by atoms with Crippen molar-refractivity contribution in [2.45, 2.75) is 12.3 Å². The van der Waals surface area contributed by atoms with Gasteiger partial charge in [-0.25, -0.2) is 8.42 Å². The molecule has 0 radical (unpaired) electrons.